The number of aromatic amines is 1. The van der Waals surface area contributed by atoms with E-state index in [1.807, 2.05) is 30.3 Å². The first-order valence-corrected chi connectivity index (χ1v) is 9.81. The zero-order valence-electron chi connectivity index (χ0n) is 16.4. The number of carbonyl (C=O) groups is 3. The fraction of sp³-hybridized carbons (Fsp3) is 0.400. The van der Waals surface area contributed by atoms with Gasteiger partial charge in [-0.1, -0.05) is 30.3 Å². The van der Waals surface area contributed by atoms with Gasteiger partial charge in [0.05, 0.1) is 5.69 Å². The van der Waals surface area contributed by atoms with Crippen LogP contribution >= 0.6 is 0 Å². The van der Waals surface area contributed by atoms with Gasteiger partial charge in [0.15, 0.2) is 0 Å². The third-order valence-electron chi connectivity index (χ3n) is 5.49. The Kier molecular flexibility index (Phi) is 5.42. The molecular formula is C20H20F3N5O3. The van der Waals surface area contributed by atoms with Crippen LogP contribution in [0.1, 0.15) is 23.3 Å². The minimum absolute atomic E-state index is 0.240. The second-order valence-electron chi connectivity index (χ2n) is 7.56. The number of H-pyrrole nitrogens is 1. The highest BCUT2D eigenvalue weighted by atomic mass is 19.4. The summed E-state index contributed by atoms with van der Waals surface area (Å²) < 4.78 is 37.9. The minimum Gasteiger partial charge on any atom is -0.337 e. The van der Waals surface area contributed by atoms with Crippen molar-refractivity contribution in [2.45, 2.75) is 25.1 Å². The molecule has 1 aromatic heterocycles. The van der Waals surface area contributed by atoms with Crippen molar-refractivity contribution in [1.82, 2.24) is 24.9 Å². The molecule has 2 fully saturated rings. The molecule has 11 heteroatoms. The number of nitrogens with one attached hydrogen (secondary N) is 1. The standard InChI is InChI=1S/C20H20F3N5O3/c21-20(22,23)12-28-17(29)11-27(19(28)31)14-6-8-26(9-7-14)18(30)16-10-15(24-25-16)13-4-2-1-3-5-13/h1-5,10,14H,6-9,11-12H2,(H,24,25). The molecule has 31 heavy (non-hydrogen) atoms. The van der Waals surface area contributed by atoms with E-state index in [-0.39, 0.29) is 23.4 Å². The van der Waals surface area contributed by atoms with Gasteiger partial charge in [0, 0.05) is 24.7 Å². The summed E-state index contributed by atoms with van der Waals surface area (Å²) in [5, 5.41) is 6.92. The lowest BCUT2D eigenvalue weighted by Crippen LogP contribution is -2.48. The molecular weight excluding hydrogens is 415 g/mol. The Morgan fingerprint density at radius 3 is 2.45 bits per heavy atom. The zero-order chi connectivity index (χ0) is 22.2. The van der Waals surface area contributed by atoms with Crippen LogP contribution in [0.2, 0.25) is 0 Å². The second-order valence-corrected chi connectivity index (χ2v) is 7.56. The summed E-state index contributed by atoms with van der Waals surface area (Å²) in [5.74, 6) is -1.10. The van der Waals surface area contributed by atoms with E-state index in [1.54, 1.807) is 11.0 Å². The van der Waals surface area contributed by atoms with Crippen molar-refractivity contribution in [3.05, 3.63) is 42.1 Å². The van der Waals surface area contributed by atoms with Crippen LogP contribution in [0.4, 0.5) is 18.0 Å². The molecule has 1 N–H and O–H groups in total. The van der Waals surface area contributed by atoms with Gasteiger partial charge >= 0.3 is 12.2 Å². The van der Waals surface area contributed by atoms with Crippen molar-refractivity contribution in [3.8, 4) is 11.3 Å². The Hall–Kier alpha value is -3.37. The second kappa shape index (κ2) is 8.05. The van der Waals surface area contributed by atoms with E-state index in [9.17, 15) is 27.6 Å². The topological polar surface area (TPSA) is 89.6 Å². The van der Waals surface area contributed by atoms with Gasteiger partial charge in [-0.15, -0.1) is 0 Å². The summed E-state index contributed by atoms with van der Waals surface area (Å²) in [5.41, 5.74) is 1.85. The number of hydrogen-bond acceptors (Lipinski definition) is 4. The Labute approximate surface area is 175 Å². The number of hydrogen-bond donors (Lipinski definition) is 1. The molecule has 1 aromatic carbocycles. The van der Waals surface area contributed by atoms with Crippen molar-refractivity contribution < 1.29 is 27.6 Å². The van der Waals surface area contributed by atoms with Crippen molar-refractivity contribution in [2.24, 2.45) is 0 Å². The first-order chi connectivity index (χ1) is 14.7. The molecule has 0 saturated carbocycles. The van der Waals surface area contributed by atoms with Crippen LogP contribution in [0, 0.1) is 0 Å². The lowest BCUT2D eigenvalue weighted by atomic mass is 10.0. The number of likely N-dealkylation sites (tertiary alicyclic amines) is 1. The Bertz CT molecular complexity index is 983. The molecule has 0 radical (unpaired) electrons. The maximum atomic E-state index is 12.8. The summed E-state index contributed by atoms with van der Waals surface area (Å²) in [4.78, 5) is 40.0. The summed E-state index contributed by atoms with van der Waals surface area (Å²) in [7, 11) is 0. The lowest BCUT2D eigenvalue weighted by Gasteiger charge is -2.35. The molecule has 2 aromatic rings. The van der Waals surface area contributed by atoms with Crippen molar-refractivity contribution >= 4 is 17.8 Å². The quantitative estimate of drug-likeness (QED) is 0.748. The van der Waals surface area contributed by atoms with Gasteiger partial charge < -0.3 is 9.80 Å². The van der Waals surface area contributed by atoms with Gasteiger partial charge in [0.25, 0.3) is 11.8 Å². The van der Waals surface area contributed by atoms with E-state index in [0.717, 1.165) is 5.56 Å². The first kappa shape index (κ1) is 20.9. The highest BCUT2D eigenvalue weighted by molar-refractivity contribution is 6.02. The Morgan fingerprint density at radius 1 is 1.13 bits per heavy atom. The average molecular weight is 435 g/mol. The number of piperidine rings is 1. The number of imide groups is 1. The molecule has 0 aliphatic carbocycles. The molecule has 2 aliphatic rings. The fourth-order valence-electron chi connectivity index (χ4n) is 3.92. The van der Waals surface area contributed by atoms with Crippen LogP contribution in [-0.4, -0.2) is 81.1 Å². The maximum Gasteiger partial charge on any atom is 0.406 e. The highest BCUT2D eigenvalue weighted by Crippen LogP contribution is 2.26. The van der Waals surface area contributed by atoms with Gasteiger partial charge in [-0.25, -0.2) is 4.79 Å². The van der Waals surface area contributed by atoms with Crippen LogP contribution in [0.15, 0.2) is 36.4 Å². The Morgan fingerprint density at radius 2 is 1.81 bits per heavy atom. The molecule has 4 amide bonds. The number of benzene rings is 1. The van der Waals surface area contributed by atoms with Gasteiger partial charge in [-0.2, -0.15) is 18.3 Å². The van der Waals surface area contributed by atoms with Gasteiger partial charge in [-0.05, 0) is 18.9 Å². The summed E-state index contributed by atoms with van der Waals surface area (Å²) in [6.45, 7) is -1.31. The molecule has 0 unspecified atom stereocenters. The summed E-state index contributed by atoms with van der Waals surface area (Å²) in [6, 6.07) is 9.74. The number of carbonyl (C=O) groups excluding carboxylic acids is 3. The highest BCUT2D eigenvalue weighted by Gasteiger charge is 2.45. The molecule has 2 saturated heterocycles. The number of nitrogens with zero attached hydrogens (tertiary/aromatic N) is 4. The minimum atomic E-state index is -4.64. The maximum absolute atomic E-state index is 12.8. The number of halogens is 3. The monoisotopic (exact) mass is 435 g/mol. The first-order valence-electron chi connectivity index (χ1n) is 9.81. The molecule has 4 rings (SSSR count). The molecule has 2 aliphatic heterocycles. The largest absolute Gasteiger partial charge is 0.406 e. The fourth-order valence-corrected chi connectivity index (χ4v) is 3.92. The number of rotatable bonds is 4. The third-order valence-corrected chi connectivity index (χ3v) is 5.49. The summed E-state index contributed by atoms with van der Waals surface area (Å²) in [6.07, 6.45) is -3.88. The van der Waals surface area contributed by atoms with Crippen LogP contribution in [0.5, 0.6) is 0 Å². The van der Waals surface area contributed by atoms with E-state index in [1.165, 1.54) is 4.90 Å². The number of aromatic nitrogens is 2. The Balaban J connectivity index is 1.36. The smallest absolute Gasteiger partial charge is 0.337 e. The molecule has 0 bridgehead atoms. The average Bonchev–Trinajstić information content (AvgIpc) is 3.34. The van der Waals surface area contributed by atoms with Crippen LogP contribution < -0.4 is 0 Å². The molecule has 0 atom stereocenters. The van der Waals surface area contributed by atoms with Gasteiger partial charge in [-0.3, -0.25) is 19.6 Å². The summed E-state index contributed by atoms with van der Waals surface area (Å²) >= 11 is 0. The number of amides is 4. The predicted molar refractivity (Wildman–Crippen MR) is 103 cm³/mol. The molecule has 0 spiro atoms. The lowest BCUT2D eigenvalue weighted by molar-refractivity contribution is -0.151. The molecule has 8 nitrogen and oxygen atoms in total. The van der Waals surface area contributed by atoms with Crippen LogP contribution in [0.3, 0.4) is 0 Å². The van der Waals surface area contributed by atoms with E-state index in [0.29, 0.717) is 37.3 Å². The molecule has 164 valence electrons. The van der Waals surface area contributed by atoms with Gasteiger partial charge in [0.2, 0.25) is 0 Å². The normalized spacial score (nSPS) is 18.2. The van der Waals surface area contributed by atoms with Crippen molar-refractivity contribution in [1.29, 1.82) is 0 Å². The molecule has 3 heterocycles. The zero-order valence-corrected chi connectivity index (χ0v) is 16.4. The van der Waals surface area contributed by atoms with E-state index in [2.05, 4.69) is 10.2 Å². The van der Waals surface area contributed by atoms with Gasteiger partial charge in [0.1, 0.15) is 18.8 Å². The van der Waals surface area contributed by atoms with Crippen molar-refractivity contribution in [3.63, 3.8) is 0 Å². The van der Waals surface area contributed by atoms with Crippen LogP contribution in [-0.2, 0) is 4.79 Å². The number of alkyl halides is 3. The van der Waals surface area contributed by atoms with E-state index >= 15 is 0 Å². The van der Waals surface area contributed by atoms with Crippen molar-refractivity contribution in [2.75, 3.05) is 26.2 Å². The van der Waals surface area contributed by atoms with E-state index in [4.69, 9.17) is 0 Å². The van der Waals surface area contributed by atoms with E-state index < -0.39 is 24.7 Å². The third kappa shape index (κ3) is 4.39. The predicted octanol–water partition coefficient (Wildman–Crippen LogP) is 2.51. The number of urea groups is 1. The van der Waals surface area contributed by atoms with Crippen LogP contribution in [0.25, 0.3) is 11.3 Å². The SMILES string of the molecule is O=C(c1cc(-c2ccccc2)n[nH]1)N1CCC(N2CC(=O)N(CC(F)(F)F)C2=O)CC1.